The van der Waals surface area contributed by atoms with Crippen molar-refractivity contribution >= 4 is 22.5 Å². The van der Waals surface area contributed by atoms with E-state index in [1.807, 2.05) is 32.0 Å². The van der Waals surface area contributed by atoms with E-state index in [4.69, 9.17) is 0 Å². The minimum atomic E-state index is -0.901. The summed E-state index contributed by atoms with van der Waals surface area (Å²) >= 11 is 0. The molecule has 0 spiro atoms. The first-order valence-electron chi connectivity index (χ1n) is 7.36. The minimum absolute atomic E-state index is 0.199. The number of carbonyl (C=O) groups excluding carboxylic acids is 1. The van der Waals surface area contributed by atoms with Crippen molar-refractivity contribution in [3.05, 3.63) is 36.8 Å². The summed E-state index contributed by atoms with van der Waals surface area (Å²) < 4.78 is 13.2. The number of nitrogens with zero attached hydrogens (tertiary/aromatic N) is 4. The van der Waals surface area contributed by atoms with Crippen LogP contribution >= 0.6 is 0 Å². The van der Waals surface area contributed by atoms with Crippen LogP contribution in [0.25, 0.3) is 5.82 Å². The third-order valence-electron chi connectivity index (χ3n) is 3.74. The molecule has 8 heteroatoms. The first kappa shape index (κ1) is 15.7. The van der Waals surface area contributed by atoms with E-state index >= 15 is 0 Å². The molecule has 122 valence electrons. The van der Waals surface area contributed by atoms with Gasteiger partial charge in [-0.05, 0) is 26.0 Å². The molecule has 1 aliphatic rings. The number of hydrogen-bond donors (Lipinski definition) is 1. The van der Waals surface area contributed by atoms with Crippen molar-refractivity contribution in [2.75, 3.05) is 24.2 Å². The third-order valence-corrected chi connectivity index (χ3v) is 5.65. The van der Waals surface area contributed by atoms with Gasteiger partial charge in [0.15, 0.2) is 5.82 Å². The molecule has 7 nitrogen and oxygen atoms in total. The van der Waals surface area contributed by atoms with E-state index in [-0.39, 0.29) is 10.8 Å². The topological polar surface area (TPSA) is 80.1 Å². The fourth-order valence-corrected chi connectivity index (χ4v) is 3.70. The molecule has 0 bridgehead atoms. The van der Waals surface area contributed by atoms with Crippen LogP contribution in [-0.4, -0.2) is 53.5 Å². The Bertz CT molecular complexity index is 728. The Kier molecular flexibility index (Phi) is 4.16. The highest BCUT2D eigenvalue weighted by molar-refractivity contribution is 7.86. The van der Waals surface area contributed by atoms with Crippen LogP contribution in [0.15, 0.2) is 36.8 Å². The average Bonchev–Trinajstić information content (AvgIpc) is 2.99. The fraction of sp³-hybridized carbons (Fsp3) is 0.400. The molecule has 1 N–H and O–H groups in total. The molecule has 0 radical (unpaired) electrons. The Morgan fingerprint density at radius 2 is 2.22 bits per heavy atom. The van der Waals surface area contributed by atoms with E-state index in [0.717, 1.165) is 0 Å². The number of urea groups is 1. The fourth-order valence-electron chi connectivity index (χ4n) is 2.46. The summed E-state index contributed by atoms with van der Waals surface area (Å²) in [6, 6.07) is 5.34. The Morgan fingerprint density at radius 1 is 1.39 bits per heavy atom. The maximum atomic E-state index is 12.4. The largest absolute Gasteiger partial charge is 0.322 e. The van der Waals surface area contributed by atoms with Gasteiger partial charge in [0, 0.05) is 35.8 Å². The second kappa shape index (κ2) is 6.11. The lowest BCUT2D eigenvalue weighted by Gasteiger charge is -2.37. The van der Waals surface area contributed by atoms with Gasteiger partial charge in [0.2, 0.25) is 0 Å². The number of rotatable bonds is 2. The van der Waals surface area contributed by atoms with Gasteiger partial charge in [-0.15, -0.1) is 0 Å². The molecule has 2 aromatic heterocycles. The summed E-state index contributed by atoms with van der Waals surface area (Å²) in [5, 5.41) is 7.03. The Balaban J connectivity index is 1.67. The third kappa shape index (κ3) is 3.42. The van der Waals surface area contributed by atoms with Crippen LogP contribution in [0.5, 0.6) is 0 Å². The van der Waals surface area contributed by atoms with Crippen LogP contribution in [0.4, 0.5) is 10.5 Å². The van der Waals surface area contributed by atoms with Crippen molar-refractivity contribution in [1.82, 2.24) is 19.7 Å². The monoisotopic (exact) mass is 333 g/mol. The van der Waals surface area contributed by atoms with Crippen LogP contribution < -0.4 is 5.32 Å². The molecule has 3 rings (SSSR count). The zero-order chi connectivity index (χ0) is 16.4. The number of pyridine rings is 1. The molecule has 2 aromatic rings. The summed E-state index contributed by atoms with van der Waals surface area (Å²) in [7, 11) is -0.901. The highest BCUT2D eigenvalue weighted by Gasteiger charge is 2.35. The molecular weight excluding hydrogens is 314 g/mol. The maximum absolute atomic E-state index is 12.4. The van der Waals surface area contributed by atoms with Crippen molar-refractivity contribution < 1.29 is 9.00 Å². The van der Waals surface area contributed by atoms with Crippen molar-refractivity contribution in [2.24, 2.45) is 0 Å². The van der Waals surface area contributed by atoms with E-state index in [1.54, 1.807) is 28.2 Å². The molecular formula is C15H19N5O2S. The highest BCUT2D eigenvalue weighted by atomic mass is 32.2. The predicted molar refractivity (Wildman–Crippen MR) is 89.0 cm³/mol. The molecule has 0 saturated carbocycles. The van der Waals surface area contributed by atoms with Crippen molar-refractivity contribution in [1.29, 1.82) is 0 Å². The molecule has 2 amide bonds. The molecule has 0 unspecified atom stereocenters. The van der Waals surface area contributed by atoms with Gasteiger partial charge in [-0.2, -0.15) is 5.10 Å². The molecule has 23 heavy (non-hydrogen) atoms. The van der Waals surface area contributed by atoms with Gasteiger partial charge < -0.3 is 10.2 Å². The molecule has 0 aromatic carbocycles. The number of anilines is 1. The summed E-state index contributed by atoms with van der Waals surface area (Å²) in [4.78, 5) is 18.3. The number of carbonyl (C=O) groups is 1. The predicted octanol–water partition coefficient (Wildman–Crippen LogP) is 1.64. The lowest BCUT2D eigenvalue weighted by molar-refractivity contribution is 0.207. The van der Waals surface area contributed by atoms with Crippen LogP contribution in [0.3, 0.4) is 0 Å². The molecule has 1 aliphatic heterocycles. The molecule has 1 saturated heterocycles. The average molecular weight is 333 g/mol. The standard InChI is InChI=1S/C15H19N5O2S/c1-15(2)11-19(7-8-23(15)22)14(21)18-12-9-17-20(10-12)13-5-3-4-6-16-13/h3-6,9-10H,7-8,11H2,1-2H3,(H,18,21)/t23-/m0/s1. The Hall–Kier alpha value is -2.22. The van der Waals surface area contributed by atoms with E-state index in [0.29, 0.717) is 30.3 Å². The van der Waals surface area contributed by atoms with Crippen LogP contribution in [0, 0.1) is 0 Å². The van der Waals surface area contributed by atoms with Gasteiger partial charge in [-0.3, -0.25) is 4.21 Å². The lowest BCUT2D eigenvalue weighted by atomic mass is 10.2. The van der Waals surface area contributed by atoms with Gasteiger partial charge in [-0.25, -0.2) is 14.5 Å². The summed E-state index contributed by atoms with van der Waals surface area (Å²) in [5.74, 6) is 1.19. The quantitative estimate of drug-likeness (QED) is 0.906. The molecule has 1 atom stereocenters. The van der Waals surface area contributed by atoms with E-state index in [1.165, 1.54) is 0 Å². The van der Waals surface area contributed by atoms with Crippen molar-refractivity contribution in [2.45, 2.75) is 18.6 Å². The van der Waals surface area contributed by atoms with Gasteiger partial charge in [0.1, 0.15) is 0 Å². The van der Waals surface area contributed by atoms with E-state index in [9.17, 15) is 9.00 Å². The number of hydrogen-bond acceptors (Lipinski definition) is 4. The van der Waals surface area contributed by atoms with Crippen molar-refractivity contribution in [3.63, 3.8) is 0 Å². The first-order chi connectivity index (χ1) is 11.0. The number of nitrogens with one attached hydrogen (secondary N) is 1. The zero-order valence-electron chi connectivity index (χ0n) is 13.1. The Labute approximate surface area is 137 Å². The summed E-state index contributed by atoms with van der Waals surface area (Å²) in [6.45, 7) is 4.80. The minimum Gasteiger partial charge on any atom is -0.322 e. The van der Waals surface area contributed by atoms with Gasteiger partial charge in [-0.1, -0.05) is 6.07 Å². The summed E-state index contributed by atoms with van der Waals surface area (Å²) in [5.41, 5.74) is 0.602. The molecule has 0 aliphatic carbocycles. The molecule has 3 heterocycles. The van der Waals surface area contributed by atoms with Crippen LogP contribution in [0.2, 0.25) is 0 Å². The molecule has 1 fully saturated rings. The maximum Gasteiger partial charge on any atom is 0.322 e. The van der Waals surface area contributed by atoms with E-state index < -0.39 is 10.8 Å². The normalized spacial score (nSPS) is 20.3. The van der Waals surface area contributed by atoms with E-state index in [2.05, 4.69) is 15.4 Å². The first-order valence-corrected chi connectivity index (χ1v) is 8.68. The SMILES string of the molecule is CC1(C)CN(C(=O)Nc2cnn(-c3ccccn3)c2)CC[S@@]1=O. The number of amides is 2. The zero-order valence-corrected chi connectivity index (χ0v) is 13.9. The van der Waals surface area contributed by atoms with Gasteiger partial charge in [0.05, 0.1) is 22.8 Å². The highest BCUT2D eigenvalue weighted by Crippen LogP contribution is 2.21. The van der Waals surface area contributed by atoms with Gasteiger partial charge >= 0.3 is 6.03 Å². The smallest absolute Gasteiger partial charge is 0.322 e. The lowest BCUT2D eigenvalue weighted by Crippen LogP contribution is -2.53. The Morgan fingerprint density at radius 3 is 2.91 bits per heavy atom. The number of aromatic nitrogens is 3. The second-order valence-corrected chi connectivity index (χ2v) is 8.23. The van der Waals surface area contributed by atoms with Gasteiger partial charge in [0.25, 0.3) is 0 Å². The van der Waals surface area contributed by atoms with Crippen molar-refractivity contribution in [3.8, 4) is 5.82 Å². The summed E-state index contributed by atoms with van der Waals surface area (Å²) in [6.07, 6.45) is 4.98. The van der Waals surface area contributed by atoms with Crippen LogP contribution in [0.1, 0.15) is 13.8 Å². The second-order valence-electron chi connectivity index (χ2n) is 6.02. The van der Waals surface area contributed by atoms with Crippen LogP contribution in [-0.2, 0) is 10.8 Å².